The zero-order chi connectivity index (χ0) is 14.3. The Morgan fingerprint density at radius 1 is 1.35 bits per heavy atom. The molecular weight excluding hydrogens is 292 g/mol. The molecule has 1 saturated heterocycles. The summed E-state index contributed by atoms with van der Waals surface area (Å²) in [6.07, 6.45) is 2.78. The van der Waals surface area contributed by atoms with Gasteiger partial charge < -0.3 is 10.2 Å². The molecule has 1 unspecified atom stereocenters. The molecule has 1 aliphatic rings. The van der Waals surface area contributed by atoms with Crippen molar-refractivity contribution in [2.45, 2.75) is 59.0 Å². The second-order valence-electron chi connectivity index (χ2n) is 5.84. The zero-order valence-corrected chi connectivity index (χ0v) is 15.0. The topological polar surface area (TPSA) is 32.3 Å². The standard InChI is InChI=1S/C15H30N2OS.ClH/c1-5-14(6-2)17(10-12(3)4)15(18)9-13-11-19-8-7-16-13;/h12-14,16H,5-11H2,1-4H3;1H. The van der Waals surface area contributed by atoms with E-state index in [0.29, 0.717) is 30.3 Å². The molecule has 0 radical (unpaired) electrons. The van der Waals surface area contributed by atoms with Crippen molar-refractivity contribution in [3.8, 4) is 0 Å². The molecule has 5 heteroatoms. The van der Waals surface area contributed by atoms with Crippen LogP contribution >= 0.6 is 24.2 Å². The number of nitrogens with zero attached hydrogens (tertiary/aromatic N) is 1. The number of halogens is 1. The second-order valence-corrected chi connectivity index (χ2v) is 6.99. The van der Waals surface area contributed by atoms with Crippen LogP contribution in [0.25, 0.3) is 0 Å². The first-order chi connectivity index (χ1) is 9.08. The lowest BCUT2D eigenvalue weighted by Crippen LogP contribution is -2.46. The molecule has 3 nitrogen and oxygen atoms in total. The lowest BCUT2D eigenvalue weighted by atomic mass is 10.1. The smallest absolute Gasteiger partial charge is 0.224 e. The molecular formula is C15H31ClN2OS. The third-order valence-corrected chi connectivity index (χ3v) is 4.82. The fourth-order valence-corrected chi connectivity index (χ4v) is 3.61. The largest absolute Gasteiger partial charge is 0.339 e. The van der Waals surface area contributed by atoms with E-state index in [4.69, 9.17) is 0 Å². The summed E-state index contributed by atoms with van der Waals surface area (Å²) in [6.45, 7) is 10.7. The highest BCUT2D eigenvalue weighted by Crippen LogP contribution is 2.16. The lowest BCUT2D eigenvalue weighted by Gasteiger charge is -2.34. The van der Waals surface area contributed by atoms with Gasteiger partial charge in [-0.05, 0) is 18.8 Å². The average Bonchev–Trinajstić information content (AvgIpc) is 2.39. The number of carbonyl (C=O) groups is 1. The first-order valence-electron chi connectivity index (χ1n) is 7.69. The number of amides is 1. The first-order valence-corrected chi connectivity index (χ1v) is 8.84. The number of rotatable bonds is 7. The quantitative estimate of drug-likeness (QED) is 0.781. The maximum Gasteiger partial charge on any atom is 0.224 e. The van der Waals surface area contributed by atoms with Crippen LogP contribution in [0.1, 0.15) is 47.0 Å². The summed E-state index contributed by atoms with van der Waals surface area (Å²) in [5, 5.41) is 3.46. The van der Waals surface area contributed by atoms with Crippen LogP contribution in [0.5, 0.6) is 0 Å². The summed E-state index contributed by atoms with van der Waals surface area (Å²) in [4.78, 5) is 14.7. The lowest BCUT2D eigenvalue weighted by molar-refractivity contribution is -0.134. The van der Waals surface area contributed by atoms with Gasteiger partial charge in [0.25, 0.3) is 0 Å². The van der Waals surface area contributed by atoms with Gasteiger partial charge in [0.05, 0.1) is 0 Å². The molecule has 1 N–H and O–H groups in total. The summed E-state index contributed by atoms with van der Waals surface area (Å²) in [6, 6.07) is 0.779. The summed E-state index contributed by atoms with van der Waals surface area (Å²) < 4.78 is 0. The van der Waals surface area contributed by atoms with E-state index in [1.54, 1.807) is 0 Å². The predicted molar refractivity (Wildman–Crippen MR) is 91.9 cm³/mol. The monoisotopic (exact) mass is 322 g/mol. The van der Waals surface area contributed by atoms with E-state index in [1.807, 2.05) is 11.8 Å². The molecule has 0 aromatic carbocycles. The van der Waals surface area contributed by atoms with Crippen LogP contribution < -0.4 is 5.32 Å². The van der Waals surface area contributed by atoms with Crippen molar-refractivity contribution in [2.24, 2.45) is 5.92 Å². The highest BCUT2D eigenvalue weighted by molar-refractivity contribution is 7.99. The SMILES string of the molecule is CCC(CC)N(CC(C)C)C(=O)CC1CSCCN1.Cl. The Hall–Kier alpha value is 0.0700. The van der Waals surface area contributed by atoms with Gasteiger partial charge in [-0.2, -0.15) is 11.8 Å². The van der Waals surface area contributed by atoms with Crippen LogP contribution in [0, 0.1) is 5.92 Å². The maximum atomic E-state index is 12.6. The molecule has 1 atom stereocenters. The van der Waals surface area contributed by atoms with Crippen molar-refractivity contribution in [1.82, 2.24) is 10.2 Å². The van der Waals surface area contributed by atoms with Crippen molar-refractivity contribution in [3.63, 3.8) is 0 Å². The minimum absolute atomic E-state index is 0. The van der Waals surface area contributed by atoms with E-state index in [-0.39, 0.29) is 12.4 Å². The molecule has 1 rings (SSSR count). The Morgan fingerprint density at radius 2 is 2.00 bits per heavy atom. The Morgan fingerprint density at radius 3 is 2.45 bits per heavy atom. The second kappa shape index (κ2) is 10.7. The van der Waals surface area contributed by atoms with Gasteiger partial charge in [-0.3, -0.25) is 4.79 Å². The number of thioether (sulfide) groups is 1. The molecule has 1 aliphatic heterocycles. The van der Waals surface area contributed by atoms with Crippen molar-refractivity contribution in [2.75, 3.05) is 24.6 Å². The molecule has 120 valence electrons. The third kappa shape index (κ3) is 6.68. The number of hydrogen-bond donors (Lipinski definition) is 1. The molecule has 0 aromatic rings. The van der Waals surface area contributed by atoms with Gasteiger partial charge in [-0.25, -0.2) is 0 Å². The van der Waals surface area contributed by atoms with Gasteiger partial charge in [-0.15, -0.1) is 12.4 Å². The summed E-state index contributed by atoms with van der Waals surface area (Å²) >= 11 is 1.96. The van der Waals surface area contributed by atoms with Crippen LogP contribution in [0.15, 0.2) is 0 Å². The fraction of sp³-hybridized carbons (Fsp3) is 0.933. The van der Waals surface area contributed by atoms with E-state index in [0.717, 1.165) is 31.7 Å². The van der Waals surface area contributed by atoms with E-state index < -0.39 is 0 Å². The van der Waals surface area contributed by atoms with Gasteiger partial charge in [0.2, 0.25) is 5.91 Å². The van der Waals surface area contributed by atoms with Crippen LogP contribution in [-0.4, -0.2) is 47.5 Å². The molecule has 0 spiro atoms. The van der Waals surface area contributed by atoms with E-state index >= 15 is 0 Å². The third-order valence-electron chi connectivity index (χ3n) is 3.68. The normalized spacial score (nSPS) is 19.0. The summed E-state index contributed by atoms with van der Waals surface area (Å²) in [7, 11) is 0. The molecule has 0 bridgehead atoms. The first kappa shape index (κ1) is 20.1. The molecule has 1 heterocycles. The Kier molecular flexibility index (Phi) is 10.8. The Labute approximate surface area is 135 Å². The number of nitrogens with one attached hydrogen (secondary N) is 1. The van der Waals surface area contributed by atoms with E-state index in [1.165, 1.54) is 5.75 Å². The zero-order valence-electron chi connectivity index (χ0n) is 13.4. The van der Waals surface area contributed by atoms with Crippen LogP contribution in [0.3, 0.4) is 0 Å². The van der Waals surface area contributed by atoms with Gasteiger partial charge >= 0.3 is 0 Å². The molecule has 1 fully saturated rings. The van der Waals surface area contributed by atoms with Crippen molar-refractivity contribution >= 4 is 30.1 Å². The summed E-state index contributed by atoms with van der Waals surface area (Å²) in [5.74, 6) is 3.12. The van der Waals surface area contributed by atoms with Gasteiger partial charge in [0, 0.05) is 43.1 Å². The van der Waals surface area contributed by atoms with Gasteiger partial charge in [-0.1, -0.05) is 27.7 Å². The number of carbonyl (C=O) groups excluding carboxylic acids is 1. The van der Waals surface area contributed by atoms with Crippen LogP contribution in [-0.2, 0) is 4.79 Å². The predicted octanol–water partition coefficient (Wildman–Crippen LogP) is 3.18. The Bertz CT molecular complexity index is 267. The summed E-state index contributed by atoms with van der Waals surface area (Å²) in [5.41, 5.74) is 0. The average molecular weight is 323 g/mol. The van der Waals surface area contributed by atoms with Crippen LogP contribution in [0.4, 0.5) is 0 Å². The number of hydrogen-bond acceptors (Lipinski definition) is 3. The molecule has 20 heavy (non-hydrogen) atoms. The fourth-order valence-electron chi connectivity index (χ4n) is 2.66. The molecule has 0 aliphatic carbocycles. The maximum absolute atomic E-state index is 12.6. The molecule has 0 aromatic heterocycles. The Balaban J connectivity index is 0.00000361. The van der Waals surface area contributed by atoms with E-state index in [9.17, 15) is 4.79 Å². The highest BCUT2D eigenvalue weighted by atomic mass is 35.5. The minimum Gasteiger partial charge on any atom is -0.339 e. The van der Waals surface area contributed by atoms with Crippen molar-refractivity contribution < 1.29 is 4.79 Å². The van der Waals surface area contributed by atoms with Gasteiger partial charge in [0.1, 0.15) is 0 Å². The molecule has 1 amide bonds. The van der Waals surface area contributed by atoms with Crippen molar-refractivity contribution in [1.29, 1.82) is 0 Å². The van der Waals surface area contributed by atoms with Crippen LogP contribution in [0.2, 0.25) is 0 Å². The van der Waals surface area contributed by atoms with Gasteiger partial charge in [0.15, 0.2) is 0 Å². The van der Waals surface area contributed by atoms with Crippen molar-refractivity contribution in [3.05, 3.63) is 0 Å². The minimum atomic E-state index is 0. The van der Waals surface area contributed by atoms with E-state index in [2.05, 4.69) is 37.9 Å². The highest BCUT2D eigenvalue weighted by Gasteiger charge is 2.25. The molecule has 0 saturated carbocycles.